The van der Waals surface area contributed by atoms with Crippen LogP contribution in [0.25, 0.3) is 0 Å². The maximum Gasteiger partial charge on any atom is 0.223 e. The number of carbonyl (C=O) groups is 1. The Hall–Kier alpha value is -2.96. The highest BCUT2D eigenvalue weighted by molar-refractivity contribution is 5.80. The number of halogens is 2. The monoisotopic (exact) mass is 400 g/mol. The first-order chi connectivity index (χ1) is 14.1. The lowest BCUT2D eigenvalue weighted by atomic mass is 10.1. The summed E-state index contributed by atoms with van der Waals surface area (Å²) in [6.45, 7) is 2.39. The largest absolute Gasteiger partial charge is 0.356 e. The number of nitrogens with zero attached hydrogens (tertiary/aromatic N) is 2. The minimum atomic E-state index is -0.449. The van der Waals surface area contributed by atoms with E-state index in [2.05, 4.69) is 27.8 Å². The lowest BCUT2D eigenvalue weighted by Crippen LogP contribution is -2.39. The van der Waals surface area contributed by atoms with E-state index in [1.807, 2.05) is 17.0 Å². The number of benzene rings is 2. The minimum Gasteiger partial charge on any atom is -0.356 e. The molecule has 154 valence electrons. The molecule has 7 heteroatoms. The van der Waals surface area contributed by atoms with Crippen LogP contribution in [-0.4, -0.2) is 36.9 Å². The second-order valence-corrected chi connectivity index (χ2v) is 7.03. The summed E-state index contributed by atoms with van der Waals surface area (Å²) in [6.07, 6.45) is 1.50. The predicted molar refractivity (Wildman–Crippen MR) is 109 cm³/mol. The molecule has 0 spiro atoms. The number of aliphatic imine (C=N–C) groups is 1. The van der Waals surface area contributed by atoms with Crippen LogP contribution in [0.5, 0.6) is 0 Å². The van der Waals surface area contributed by atoms with Gasteiger partial charge in [-0.2, -0.15) is 0 Å². The van der Waals surface area contributed by atoms with Gasteiger partial charge in [-0.3, -0.25) is 9.79 Å². The van der Waals surface area contributed by atoms with Crippen molar-refractivity contribution in [1.82, 2.24) is 15.5 Å². The van der Waals surface area contributed by atoms with E-state index in [4.69, 9.17) is 0 Å². The molecule has 0 saturated carbocycles. The fourth-order valence-corrected chi connectivity index (χ4v) is 3.39. The Bertz CT molecular complexity index is 860. The molecule has 3 rings (SSSR count). The van der Waals surface area contributed by atoms with Crippen molar-refractivity contribution in [2.75, 3.05) is 20.1 Å². The summed E-state index contributed by atoms with van der Waals surface area (Å²) in [5.74, 6) is -0.149. The molecule has 0 saturated heterocycles. The second kappa shape index (κ2) is 10.0. The summed E-state index contributed by atoms with van der Waals surface area (Å²) in [6, 6.07) is 11.6. The van der Waals surface area contributed by atoms with Gasteiger partial charge in [-0.05, 0) is 47.7 Å². The summed E-state index contributed by atoms with van der Waals surface area (Å²) in [4.78, 5) is 18.4. The van der Waals surface area contributed by atoms with Crippen LogP contribution in [-0.2, 0) is 24.3 Å². The molecule has 0 aliphatic carbocycles. The highest BCUT2D eigenvalue weighted by Gasteiger charge is 2.22. The van der Waals surface area contributed by atoms with Gasteiger partial charge in [0, 0.05) is 39.6 Å². The molecule has 5 nitrogen and oxygen atoms in total. The molecule has 1 aliphatic rings. The van der Waals surface area contributed by atoms with Gasteiger partial charge >= 0.3 is 0 Å². The zero-order chi connectivity index (χ0) is 20.6. The standard InChI is InChI=1S/C22H26F2N4O/c1-25-22(27-12-10-16-13-19(23)8-9-20(16)24)26-11-4-7-21(29)28-14-17-5-2-3-6-18(17)15-28/h2-3,5-6,8-9,13H,4,7,10-12,14-15H2,1H3,(H2,25,26,27). The van der Waals surface area contributed by atoms with E-state index in [-0.39, 0.29) is 5.91 Å². The first kappa shape index (κ1) is 20.8. The van der Waals surface area contributed by atoms with Gasteiger partial charge in [-0.15, -0.1) is 0 Å². The Morgan fingerprint density at radius 1 is 1.07 bits per heavy atom. The maximum absolute atomic E-state index is 13.6. The average molecular weight is 400 g/mol. The number of fused-ring (bicyclic) bond motifs is 1. The molecule has 0 bridgehead atoms. The molecule has 1 aliphatic heterocycles. The van der Waals surface area contributed by atoms with E-state index >= 15 is 0 Å². The number of guanidine groups is 1. The van der Waals surface area contributed by atoms with Crippen molar-refractivity contribution in [2.45, 2.75) is 32.4 Å². The van der Waals surface area contributed by atoms with Crippen molar-refractivity contribution < 1.29 is 13.6 Å². The smallest absolute Gasteiger partial charge is 0.223 e. The van der Waals surface area contributed by atoms with E-state index in [0.29, 0.717) is 57.0 Å². The Morgan fingerprint density at radius 2 is 1.76 bits per heavy atom. The van der Waals surface area contributed by atoms with Crippen LogP contribution in [0.15, 0.2) is 47.5 Å². The summed E-state index contributed by atoms with van der Waals surface area (Å²) in [5.41, 5.74) is 2.77. The Morgan fingerprint density at radius 3 is 2.45 bits per heavy atom. The van der Waals surface area contributed by atoms with E-state index in [1.165, 1.54) is 17.2 Å². The third-order valence-corrected chi connectivity index (χ3v) is 4.97. The van der Waals surface area contributed by atoms with Gasteiger partial charge in [0.1, 0.15) is 11.6 Å². The van der Waals surface area contributed by atoms with Crippen molar-refractivity contribution in [3.63, 3.8) is 0 Å². The molecule has 2 N–H and O–H groups in total. The van der Waals surface area contributed by atoms with Gasteiger partial charge in [0.25, 0.3) is 0 Å². The van der Waals surface area contributed by atoms with Crippen LogP contribution in [0.3, 0.4) is 0 Å². The number of nitrogens with one attached hydrogen (secondary N) is 2. The van der Waals surface area contributed by atoms with Crippen molar-refractivity contribution in [2.24, 2.45) is 4.99 Å². The Balaban J connectivity index is 1.34. The summed E-state index contributed by atoms with van der Waals surface area (Å²) in [7, 11) is 1.64. The van der Waals surface area contributed by atoms with Gasteiger partial charge in [0.2, 0.25) is 5.91 Å². The number of rotatable bonds is 7. The highest BCUT2D eigenvalue weighted by Crippen LogP contribution is 2.22. The molecule has 2 aromatic carbocycles. The SMILES string of the molecule is CN=C(NCCCC(=O)N1Cc2ccccc2C1)NCCc1cc(F)ccc1F. The molecule has 0 unspecified atom stereocenters. The molecule has 0 radical (unpaired) electrons. The lowest BCUT2D eigenvalue weighted by Gasteiger charge is -2.16. The zero-order valence-corrected chi connectivity index (χ0v) is 16.5. The fourth-order valence-electron chi connectivity index (χ4n) is 3.39. The van der Waals surface area contributed by atoms with Crippen LogP contribution in [0, 0.1) is 11.6 Å². The quantitative estimate of drug-likeness (QED) is 0.427. The molecule has 29 heavy (non-hydrogen) atoms. The van der Waals surface area contributed by atoms with E-state index in [0.717, 1.165) is 12.1 Å². The van der Waals surface area contributed by atoms with Crippen LogP contribution < -0.4 is 10.6 Å². The Labute approximate surface area is 169 Å². The van der Waals surface area contributed by atoms with Crippen molar-refractivity contribution in [3.05, 3.63) is 70.8 Å². The van der Waals surface area contributed by atoms with Gasteiger partial charge in [-0.25, -0.2) is 8.78 Å². The minimum absolute atomic E-state index is 0.146. The number of hydrogen-bond donors (Lipinski definition) is 2. The normalized spacial score (nSPS) is 13.3. The first-order valence-corrected chi connectivity index (χ1v) is 9.80. The summed E-state index contributed by atoms with van der Waals surface area (Å²) >= 11 is 0. The number of carbonyl (C=O) groups excluding carboxylic acids is 1. The van der Waals surface area contributed by atoms with Crippen LogP contribution >= 0.6 is 0 Å². The predicted octanol–water partition coefficient (Wildman–Crippen LogP) is 2.99. The van der Waals surface area contributed by atoms with Crippen molar-refractivity contribution >= 4 is 11.9 Å². The van der Waals surface area contributed by atoms with Gasteiger partial charge in [0.05, 0.1) is 0 Å². The molecule has 1 heterocycles. The molecule has 2 aromatic rings. The van der Waals surface area contributed by atoms with E-state index in [1.54, 1.807) is 7.05 Å². The first-order valence-electron chi connectivity index (χ1n) is 9.80. The molecule has 1 amide bonds. The topological polar surface area (TPSA) is 56.7 Å². The van der Waals surface area contributed by atoms with Crippen molar-refractivity contribution in [3.8, 4) is 0 Å². The summed E-state index contributed by atoms with van der Waals surface area (Å²) in [5, 5.41) is 6.22. The maximum atomic E-state index is 13.6. The van der Waals surface area contributed by atoms with Gasteiger partial charge in [0.15, 0.2) is 5.96 Å². The number of hydrogen-bond acceptors (Lipinski definition) is 2. The molecule has 0 aromatic heterocycles. The number of amides is 1. The summed E-state index contributed by atoms with van der Waals surface area (Å²) < 4.78 is 26.8. The third-order valence-electron chi connectivity index (χ3n) is 4.97. The van der Waals surface area contributed by atoms with Crippen LogP contribution in [0.1, 0.15) is 29.5 Å². The molecular weight excluding hydrogens is 374 g/mol. The fraction of sp³-hybridized carbons (Fsp3) is 0.364. The van der Waals surface area contributed by atoms with Gasteiger partial charge in [-0.1, -0.05) is 24.3 Å². The molecule has 0 fully saturated rings. The van der Waals surface area contributed by atoms with Crippen LogP contribution in [0.2, 0.25) is 0 Å². The zero-order valence-electron chi connectivity index (χ0n) is 16.5. The van der Waals surface area contributed by atoms with Gasteiger partial charge < -0.3 is 15.5 Å². The van der Waals surface area contributed by atoms with E-state index < -0.39 is 11.6 Å². The second-order valence-electron chi connectivity index (χ2n) is 7.03. The van der Waals surface area contributed by atoms with Crippen molar-refractivity contribution in [1.29, 1.82) is 0 Å². The average Bonchev–Trinajstić information content (AvgIpc) is 3.16. The third kappa shape index (κ3) is 5.76. The molecule has 0 atom stereocenters. The Kier molecular flexibility index (Phi) is 7.16. The lowest BCUT2D eigenvalue weighted by molar-refractivity contribution is -0.131. The van der Waals surface area contributed by atoms with E-state index in [9.17, 15) is 13.6 Å². The molecular formula is C22H26F2N4O. The van der Waals surface area contributed by atoms with Crippen LogP contribution in [0.4, 0.5) is 8.78 Å². The highest BCUT2D eigenvalue weighted by atomic mass is 19.1.